The zero-order chi connectivity index (χ0) is 26.6. The van der Waals surface area contributed by atoms with E-state index in [1.165, 1.54) is 37.5 Å². The van der Waals surface area contributed by atoms with Crippen LogP contribution in [0.3, 0.4) is 0 Å². The Balaban J connectivity index is 1.46. The number of methoxy groups -OCH3 is 1. The van der Waals surface area contributed by atoms with E-state index in [2.05, 4.69) is 0 Å². The average molecular weight is 560 g/mol. The molecule has 1 saturated heterocycles. The van der Waals surface area contributed by atoms with Crippen molar-refractivity contribution in [2.75, 3.05) is 20.3 Å². The highest BCUT2D eigenvalue weighted by Gasteiger charge is 2.35. The number of imide groups is 1. The summed E-state index contributed by atoms with van der Waals surface area (Å²) in [6.07, 6.45) is 1.53. The van der Waals surface area contributed by atoms with Gasteiger partial charge >= 0.3 is 10.1 Å². The van der Waals surface area contributed by atoms with E-state index < -0.39 is 21.3 Å². The van der Waals surface area contributed by atoms with Crippen molar-refractivity contribution in [2.24, 2.45) is 0 Å². The van der Waals surface area contributed by atoms with E-state index in [1.807, 2.05) is 6.92 Å². The Labute approximate surface area is 223 Å². The highest BCUT2D eigenvalue weighted by molar-refractivity contribution is 8.18. The monoisotopic (exact) mass is 559 g/mol. The summed E-state index contributed by atoms with van der Waals surface area (Å²) >= 11 is 6.86. The first-order chi connectivity index (χ1) is 17.7. The lowest BCUT2D eigenvalue weighted by molar-refractivity contribution is -0.123. The molecule has 0 spiro atoms. The van der Waals surface area contributed by atoms with Gasteiger partial charge in [-0.15, -0.1) is 0 Å². The lowest BCUT2D eigenvalue weighted by Crippen LogP contribution is -2.32. The molecule has 0 N–H and O–H groups in total. The average Bonchev–Trinajstić information content (AvgIpc) is 3.13. The summed E-state index contributed by atoms with van der Waals surface area (Å²) in [5, 5.41) is 0.0136. The Morgan fingerprint density at radius 2 is 1.70 bits per heavy atom. The number of aryl methyl sites for hydroxylation is 1. The van der Waals surface area contributed by atoms with Crippen molar-refractivity contribution >= 4 is 50.7 Å². The number of carbonyl (C=O) groups excluding carboxylic acids is 2. The zero-order valence-electron chi connectivity index (χ0n) is 19.8. The first-order valence-corrected chi connectivity index (χ1v) is 13.6. The van der Waals surface area contributed by atoms with E-state index >= 15 is 0 Å². The Morgan fingerprint density at radius 3 is 2.41 bits per heavy atom. The summed E-state index contributed by atoms with van der Waals surface area (Å²) in [5.41, 5.74) is 1.44. The molecule has 8 nitrogen and oxygen atoms in total. The van der Waals surface area contributed by atoms with Crippen molar-refractivity contribution in [2.45, 2.75) is 11.8 Å². The second-order valence-corrected chi connectivity index (χ2v) is 10.8. The Kier molecular flexibility index (Phi) is 8.11. The maximum Gasteiger partial charge on any atom is 0.339 e. The predicted octanol–water partition coefficient (Wildman–Crippen LogP) is 5.54. The number of hydrogen-bond donors (Lipinski definition) is 0. The Bertz CT molecular complexity index is 1470. The van der Waals surface area contributed by atoms with Gasteiger partial charge in [0.2, 0.25) is 0 Å². The van der Waals surface area contributed by atoms with E-state index in [9.17, 15) is 18.0 Å². The molecule has 0 saturated carbocycles. The third kappa shape index (κ3) is 6.27. The fourth-order valence-electron chi connectivity index (χ4n) is 3.37. The number of thioether (sulfide) groups is 1. The summed E-state index contributed by atoms with van der Waals surface area (Å²) in [6, 6.07) is 17.7. The van der Waals surface area contributed by atoms with Crippen LogP contribution in [-0.4, -0.2) is 44.7 Å². The lowest BCUT2D eigenvalue weighted by Gasteiger charge is -2.14. The van der Waals surface area contributed by atoms with Gasteiger partial charge in [0, 0.05) is 0 Å². The van der Waals surface area contributed by atoms with Gasteiger partial charge in [0.05, 0.1) is 23.6 Å². The highest BCUT2D eigenvalue weighted by atomic mass is 35.5. The van der Waals surface area contributed by atoms with Crippen molar-refractivity contribution in [1.82, 2.24) is 4.90 Å². The molecule has 0 radical (unpaired) electrons. The van der Waals surface area contributed by atoms with Gasteiger partial charge in [-0.05, 0) is 66.7 Å². The minimum atomic E-state index is -4.08. The SMILES string of the molecule is COc1cc(/C=C2\SC(=O)N(CCOc3ccccc3Cl)C2=O)ccc1OS(=O)(=O)c1ccc(C)cc1. The minimum Gasteiger partial charge on any atom is -0.493 e. The van der Waals surface area contributed by atoms with Gasteiger partial charge in [0.15, 0.2) is 11.5 Å². The number of ether oxygens (including phenoxy) is 2. The van der Waals surface area contributed by atoms with Gasteiger partial charge in [0.1, 0.15) is 17.3 Å². The number of rotatable bonds is 9. The molecule has 1 heterocycles. The van der Waals surface area contributed by atoms with Crippen LogP contribution in [-0.2, 0) is 14.9 Å². The second-order valence-electron chi connectivity index (χ2n) is 7.87. The van der Waals surface area contributed by atoms with Crippen molar-refractivity contribution in [3.8, 4) is 17.2 Å². The van der Waals surface area contributed by atoms with Crippen molar-refractivity contribution in [3.05, 3.63) is 87.8 Å². The van der Waals surface area contributed by atoms with Crippen LogP contribution in [0.2, 0.25) is 5.02 Å². The van der Waals surface area contributed by atoms with E-state index in [1.54, 1.807) is 42.5 Å². The van der Waals surface area contributed by atoms with Crippen molar-refractivity contribution in [3.63, 3.8) is 0 Å². The summed E-state index contributed by atoms with van der Waals surface area (Å²) < 4.78 is 41.5. The maximum atomic E-state index is 12.8. The van der Waals surface area contributed by atoms with Gasteiger partial charge in [0.25, 0.3) is 11.1 Å². The topological polar surface area (TPSA) is 99.2 Å². The van der Waals surface area contributed by atoms with Crippen LogP contribution in [0.4, 0.5) is 4.79 Å². The number of nitrogens with zero attached hydrogens (tertiary/aromatic N) is 1. The molecule has 1 aliphatic heterocycles. The van der Waals surface area contributed by atoms with Gasteiger partial charge in [-0.2, -0.15) is 8.42 Å². The Hall–Kier alpha value is -3.47. The van der Waals surface area contributed by atoms with Gasteiger partial charge in [-0.3, -0.25) is 14.5 Å². The van der Waals surface area contributed by atoms with Crippen molar-refractivity contribution in [1.29, 1.82) is 0 Å². The van der Waals surface area contributed by atoms with Crippen LogP contribution in [0.15, 0.2) is 76.5 Å². The summed E-state index contributed by atoms with van der Waals surface area (Å²) in [4.78, 5) is 26.6. The number of halogens is 1. The van der Waals surface area contributed by atoms with E-state index in [0.717, 1.165) is 22.2 Å². The van der Waals surface area contributed by atoms with Gasteiger partial charge < -0.3 is 13.7 Å². The molecule has 192 valence electrons. The molecule has 1 fully saturated rings. The number of hydrogen-bond acceptors (Lipinski definition) is 8. The van der Waals surface area contributed by atoms with Crippen LogP contribution in [0.1, 0.15) is 11.1 Å². The molecule has 37 heavy (non-hydrogen) atoms. The van der Waals surface area contributed by atoms with Crippen LogP contribution < -0.4 is 13.7 Å². The molecule has 4 rings (SSSR count). The van der Waals surface area contributed by atoms with E-state index in [-0.39, 0.29) is 34.5 Å². The van der Waals surface area contributed by atoms with E-state index in [4.69, 9.17) is 25.3 Å². The maximum absolute atomic E-state index is 12.8. The van der Waals surface area contributed by atoms with Crippen LogP contribution in [0.5, 0.6) is 17.2 Å². The predicted molar refractivity (Wildman–Crippen MR) is 142 cm³/mol. The molecular weight excluding hydrogens is 538 g/mol. The fourth-order valence-corrected chi connectivity index (χ4v) is 5.36. The summed E-state index contributed by atoms with van der Waals surface area (Å²) in [6.45, 7) is 1.99. The lowest BCUT2D eigenvalue weighted by atomic mass is 10.2. The summed E-state index contributed by atoms with van der Waals surface area (Å²) in [7, 11) is -2.71. The van der Waals surface area contributed by atoms with E-state index in [0.29, 0.717) is 16.3 Å². The normalized spacial score (nSPS) is 14.8. The standard InChI is InChI=1S/C26H22ClNO7S2/c1-17-7-10-19(11-8-17)37(31,32)35-22-12-9-18(15-23(22)33-2)16-24-25(29)28(26(30)36-24)13-14-34-21-6-4-3-5-20(21)27/h3-12,15-16H,13-14H2,1-2H3/b24-16-. The minimum absolute atomic E-state index is 0.00921. The third-order valence-corrected chi connectivity index (χ3v) is 7.75. The molecular formula is C26H22ClNO7S2. The molecule has 2 amide bonds. The molecule has 0 atom stereocenters. The van der Waals surface area contributed by atoms with Crippen LogP contribution in [0.25, 0.3) is 6.08 Å². The summed E-state index contributed by atoms with van der Waals surface area (Å²) in [5.74, 6) is 0.145. The van der Waals surface area contributed by atoms with Crippen molar-refractivity contribution < 1.29 is 31.7 Å². The molecule has 0 aliphatic carbocycles. The Morgan fingerprint density at radius 1 is 0.973 bits per heavy atom. The first-order valence-electron chi connectivity index (χ1n) is 11.0. The number of para-hydroxylation sites is 1. The molecule has 0 unspecified atom stereocenters. The smallest absolute Gasteiger partial charge is 0.339 e. The third-order valence-electron chi connectivity index (χ3n) is 5.28. The highest BCUT2D eigenvalue weighted by Crippen LogP contribution is 2.35. The first kappa shape index (κ1) is 26.6. The van der Waals surface area contributed by atoms with Gasteiger partial charge in [-0.1, -0.05) is 47.5 Å². The fraction of sp³-hybridized carbons (Fsp3) is 0.154. The molecule has 11 heteroatoms. The van der Waals surface area contributed by atoms with Crippen LogP contribution in [0, 0.1) is 6.92 Å². The van der Waals surface area contributed by atoms with Gasteiger partial charge in [-0.25, -0.2) is 0 Å². The molecule has 1 aliphatic rings. The zero-order valence-corrected chi connectivity index (χ0v) is 22.2. The number of carbonyl (C=O) groups is 2. The second kappa shape index (κ2) is 11.3. The number of benzene rings is 3. The quantitative estimate of drug-likeness (QED) is 0.249. The molecule has 3 aromatic rings. The van der Waals surface area contributed by atoms with Crippen LogP contribution >= 0.6 is 23.4 Å². The molecule has 0 bridgehead atoms. The molecule has 3 aromatic carbocycles. The number of amides is 2. The molecule has 0 aromatic heterocycles. The largest absolute Gasteiger partial charge is 0.493 e.